The van der Waals surface area contributed by atoms with E-state index in [-0.39, 0.29) is 23.0 Å². The number of hydrogen-bond acceptors (Lipinski definition) is 5. The van der Waals surface area contributed by atoms with Crippen molar-refractivity contribution in [1.82, 2.24) is 10.3 Å². The standard InChI is InChI=1S/C13H21N3.C12H7F2NO/c1-15-13-9-16-7-3-6-12(13)10-4-2-5-11(14)8-10;13-9-4-2-5-10(14)12(9)11-6-1-3-8(7-16)15-11/h8-9,11,15H,2-7,14H2,1H3;1-7H. The predicted molar refractivity (Wildman–Crippen MR) is 124 cm³/mol. The van der Waals surface area contributed by atoms with Crippen LogP contribution in [0.2, 0.25) is 0 Å². The Bertz CT molecular complexity index is 1030. The Morgan fingerprint density at radius 1 is 1.09 bits per heavy atom. The molecule has 0 radical (unpaired) electrons. The minimum atomic E-state index is -0.699. The highest BCUT2D eigenvalue weighted by Crippen LogP contribution is 2.29. The molecule has 32 heavy (non-hydrogen) atoms. The van der Waals surface area contributed by atoms with Gasteiger partial charge >= 0.3 is 0 Å². The number of aromatic nitrogens is 1. The first kappa shape index (κ1) is 23.5. The molecule has 5 nitrogen and oxygen atoms in total. The molecule has 0 amide bonds. The van der Waals surface area contributed by atoms with Crippen LogP contribution < -0.4 is 11.1 Å². The van der Waals surface area contributed by atoms with Crippen molar-refractivity contribution < 1.29 is 13.6 Å². The highest BCUT2D eigenvalue weighted by Gasteiger charge is 2.17. The van der Waals surface area contributed by atoms with Gasteiger partial charge in [-0.05, 0) is 67.5 Å². The van der Waals surface area contributed by atoms with E-state index in [0.717, 1.165) is 37.9 Å². The lowest BCUT2D eigenvalue weighted by Gasteiger charge is -2.21. The normalized spacial score (nSPS) is 18.2. The van der Waals surface area contributed by atoms with Gasteiger partial charge in [0.25, 0.3) is 0 Å². The molecule has 0 fully saturated rings. The topological polar surface area (TPSA) is 80.4 Å². The molecular weight excluding hydrogens is 410 g/mol. The van der Waals surface area contributed by atoms with E-state index in [9.17, 15) is 13.6 Å². The van der Waals surface area contributed by atoms with Crippen LogP contribution in [-0.2, 0) is 0 Å². The second kappa shape index (κ2) is 11.4. The Morgan fingerprint density at radius 3 is 2.53 bits per heavy atom. The Balaban J connectivity index is 0.000000181. The Kier molecular flexibility index (Phi) is 8.39. The van der Waals surface area contributed by atoms with E-state index in [1.807, 2.05) is 13.3 Å². The van der Waals surface area contributed by atoms with Crippen molar-refractivity contribution in [1.29, 1.82) is 0 Å². The monoisotopic (exact) mass is 438 g/mol. The molecule has 0 bridgehead atoms. The lowest BCUT2D eigenvalue weighted by molar-refractivity contribution is 0.111. The van der Waals surface area contributed by atoms with E-state index in [0.29, 0.717) is 6.29 Å². The fraction of sp³-hybridized carbons (Fsp3) is 0.320. The minimum Gasteiger partial charge on any atom is -0.387 e. The van der Waals surface area contributed by atoms with Gasteiger partial charge in [-0.15, -0.1) is 0 Å². The zero-order valence-electron chi connectivity index (χ0n) is 18.2. The van der Waals surface area contributed by atoms with E-state index in [2.05, 4.69) is 21.4 Å². The van der Waals surface area contributed by atoms with E-state index < -0.39 is 11.6 Å². The zero-order valence-corrected chi connectivity index (χ0v) is 18.2. The van der Waals surface area contributed by atoms with Crippen molar-refractivity contribution in [2.45, 2.75) is 38.1 Å². The van der Waals surface area contributed by atoms with Gasteiger partial charge in [0.2, 0.25) is 0 Å². The number of nitrogens with zero attached hydrogens (tertiary/aromatic N) is 2. The molecule has 1 unspecified atom stereocenters. The Labute approximate surface area is 187 Å². The molecule has 2 aliphatic rings. The highest BCUT2D eigenvalue weighted by molar-refractivity contribution is 5.80. The molecule has 0 saturated heterocycles. The number of pyridine rings is 1. The third kappa shape index (κ3) is 5.95. The van der Waals surface area contributed by atoms with E-state index in [1.165, 1.54) is 54.0 Å². The first-order chi connectivity index (χ1) is 15.5. The van der Waals surface area contributed by atoms with Crippen LogP contribution in [0.15, 0.2) is 64.3 Å². The fourth-order valence-corrected chi connectivity index (χ4v) is 3.87. The van der Waals surface area contributed by atoms with Gasteiger partial charge in [0.1, 0.15) is 17.3 Å². The summed E-state index contributed by atoms with van der Waals surface area (Å²) in [7, 11) is 1.97. The second-order valence-electron chi connectivity index (χ2n) is 7.69. The molecule has 0 spiro atoms. The summed E-state index contributed by atoms with van der Waals surface area (Å²) < 4.78 is 26.8. The van der Waals surface area contributed by atoms with Crippen LogP contribution in [0.25, 0.3) is 11.3 Å². The number of halogens is 2. The van der Waals surface area contributed by atoms with Gasteiger partial charge in [0.05, 0.1) is 17.0 Å². The molecule has 2 aromatic rings. The molecule has 0 saturated carbocycles. The lowest BCUT2D eigenvalue weighted by atomic mass is 9.88. The van der Waals surface area contributed by atoms with Gasteiger partial charge in [-0.2, -0.15) is 0 Å². The maximum atomic E-state index is 13.4. The molecule has 3 N–H and O–H groups in total. The molecule has 7 heteroatoms. The van der Waals surface area contributed by atoms with Crippen LogP contribution >= 0.6 is 0 Å². The third-order valence-electron chi connectivity index (χ3n) is 5.43. The maximum absolute atomic E-state index is 13.4. The molecule has 1 aliphatic heterocycles. The van der Waals surface area contributed by atoms with E-state index >= 15 is 0 Å². The van der Waals surface area contributed by atoms with Crippen LogP contribution in [0, 0.1) is 11.6 Å². The van der Waals surface area contributed by atoms with Crippen molar-refractivity contribution in [2.24, 2.45) is 10.7 Å². The number of benzene rings is 1. The van der Waals surface area contributed by atoms with E-state index in [1.54, 1.807) is 0 Å². The second-order valence-corrected chi connectivity index (χ2v) is 7.69. The summed E-state index contributed by atoms with van der Waals surface area (Å²) in [5.74, 6) is -1.40. The summed E-state index contributed by atoms with van der Waals surface area (Å²) in [6, 6.07) is 8.26. The van der Waals surface area contributed by atoms with Crippen LogP contribution in [0.4, 0.5) is 8.78 Å². The summed E-state index contributed by atoms with van der Waals surface area (Å²) in [5, 5.41) is 3.25. The molecule has 2 heterocycles. The number of aliphatic imine (C=N–C) groups is 1. The van der Waals surface area contributed by atoms with Gasteiger partial charge in [-0.25, -0.2) is 13.8 Å². The van der Waals surface area contributed by atoms with Gasteiger partial charge in [-0.1, -0.05) is 18.2 Å². The lowest BCUT2D eigenvalue weighted by Crippen LogP contribution is -2.22. The third-order valence-corrected chi connectivity index (χ3v) is 5.43. The fourth-order valence-electron chi connectivity index (χ4n) is 3.87. The summed E-state index contributed by atoms with van der Waals surface area (Å²) in [4.78, 5) is 18.7. The number of allylic oxidation sites excluding steroid dienone is 3. The average Bonchev–Trinajstić information content (AvgIpc) is 3.05. The first-order valence-corrected chi connectivity index (χ1v) is 10.8. The molecule has 1 aromatic carbocycles. The van der Waals surface area contributed by atoms with Gasteiger partial charge in [0, 0.05) is 25.8 Å². The van der Waals surface area contributed by atoms with Crippen molar-refractivity contribution in [2.75, 3.05) is 13.6 Å². The summed E-state index contributed by atoms with van der Waals surface area (Å²) in [5.41, 5.74) is 10.1. The average molecular weight is 439 g/mol. The van der Waals surface area contributed by atoms with Crippen molar-refractivity contribution in [3.8, 4) is 11.3 Å². The Morgan fingerprint density at radius 2 is 1.84 bits per heavy atom. The van der Waals surface area contributed by atoms with Crippen LogP contribution in [0.1, 0.15) is 42.6 Å². The van der Waals surface area contributed by atoms with Gasteiger partial charge < -0.3 is 11.1 Å². The summed E-state index contributed by atoms with van der Waals surface area (Å²) in [6.45, 7) is 0.939. The van der Waals surface area contributed by atoms with Crippen molar-refractivity contribution in [3.63, 3.8) is 0 Å². The van der Waals surface area contributed by atoms with Crippen LogP contribution in [-0.4, -0.2) is 37.1 Å². The molecule has 1 atom stereocenters. The summed E-state index contributed by atoms with van der Waals surface area (Å²) >= 11 is 0. The minimum absolute atomic E-state index is 0.111. The van der Waals surface area contributed by atoms with Crippen LogP contribution in [0.5, 0.6) is 0 Å². The van der Waals surface area contributed by atoms with Crippen molar-refractivity contribution >= 4 is 12.5 Å². The number of nitrogens with one attached hydrogen (secondary N) is 1. The first-order valence-electron chi connectivity index (χ1n) is 10.8. The zero-order chi connectivity index (χ0) is 22.9. The molecule has 1 aliphatic carbocycles. The van der Waals surface area contributed by atoms with Gasteiger partial charge in [-0.3, -0.25) is 9.79 Å². The molecular formula is C25H28F2N4O. The number of carbonyl (C=O) groups excluding carboxylic acids is 1. The number of nitrogens with two attached hydrogens (primary N) is 1. The number of rotatable bonds is 4. The predicted octanol–water partition coefficient (Wildman–Crippen LogP) is 4.60. The number of hydrogen-bond donors (Lipinski definition) is 2. The molecule has 4 rings (SSSR count). The smallest absolute Gasteiger partial charge is 0.168 e. The quantitative estimate of drug-likeness (QED) is 0.684. The van der Waals surface area contributed by atoms with Gasteiger partial charge in [0.15, 0.2) is 6.29 Å². The SMILES string of the molecule is CNC1=C(C2=CC(N)CCC2)CCCN=C1.O=Cc1cccc(-c2c(F)cccc2F)n1. The largest absolute Gasteiger partial charge is 0.387 e. The van der Waals surface area contributed by atoms with E-state index in [4.69, 9.17) is 5.73 Å². The van der Waals surface area contributed by atoms with Crippen molar-refractivity contribution in [3.05, 3.63) is 76.6 Å². The number of aldehydes is 1. The molecule has 168 valence electrons. The highest BCUT2D eigenvalue weighted by atomic mass is 19.1. The Hall–Kier alpha value is -3.19. The number of carbonyl (C=O) groups is 1. The summed E-state index contributed by atoms with van der Waals surface area (Å²) in [6.07, 6.45) is 10.5. The molecule has 1 aromatic heterocycles. The maximum Gasteiger partial charge on any atom is 0.168 e. The van der Waals surface area contributed by atoms with Crippen LogP contribution in [0.3, 0.4) is 0 Å².